The molecule has 3 rings (SSSR count). The van der Waals surface area contributed by atoms with Crippen LogP contribution in [-0.2, 0) is 11.3 Å². The Morgan fingerprint density at radius 1 is 0.893 bits per heavy atom. The lowest BCUT2D eigenvalue weighted by Crippen LogP contribution is -2.40. The number of benzene rings is 3. The van der Waals surface area contributed by atoms with Crippen molar-refractivity contribution in [3.05, 3.63) is 107 Å². The zero-order valence-electron chi connectivity index (χ0n) is 15.1. The summed E-state index contributed by atoms with van der Waals surface area (Å²) in [5, 5.41) is 14.6. The van der Waals surface area contributed by atoms with Crippen LogP contribution in [0, 0.1) is 11.3 Å². The topological polar surface area (TPSA) is 82.0 Å². The molecule has 28 heavy (non-hydrogen) atoms. The highest BCUT2D eigenvalue weighted by molar-refractivity contribution is 5.97. The molecule has 3 aromatic carbocycles. The maximum atomic E-state index is 12.8. The van der Waals surface area contributed by atoms with E-state index >= 15 is 0 Å². The second-order valence-electron chi connectivity index (χ2n) is 6.21. The van der Waals surface area contributed by atoms with Gasteiger partial charge in [0, 0.05) is 12.1 Å². The molecule has 0 aliphatic carbocycles. The summed E-state index contributed by atoms with van der Waals surface area (Å²) >= 11 is 0. The average Bonchev–Trinajstić information content (AvgIpc) is 2.77. The molecule has 0 saturated carbocycles. The average molecular weight is 369 g/mol. The van der Waals surface area contributed by atoms with Crippen LogP contribution >= 0.6 is 0 Å². The summed E-state index contributed by atoms with van der Waals surface area (Å²) in [4.78, 5) is 25.4. The third-order valence-electron chi connectivity index (χ3n) is 4.23. The predicted molar refractivity (Wildman–Crippen MR) is 106 cm³/mol. The SMILES string of the molecule is N#Cc1cccc(CNC(=O)C(NC(=O)c2ccccc2)c2ccccc2)c1. The van der Waals surface area contributed by atoms with E-state index in [0.29, 0.717) is 16.7 Å². The van der Waals surface area contributed by atoms with Gasteiger partial charge in [-0.2, -0.15) is 5.26 Å². The van der Waals surface area contributed by atoms with Crippen molar-refractivity contribution in [1.82, 2.24) is 10.6 Å². The zero-order valence-corrected chi connectivity index (χ0v) is 15.1. The number of hydrogen-bond acceptors (Lipinski definition) is 3. The number of rotatable bonds is 6. The number of carbonyl (C=O) groups excluding carboxylic acids is 2. The van der Waals surface area contributed by atoms with Crippen molar-refractivity contribution in [2.75, 3.05) is 0 Å². The Hall–Kier alpha value is -3.91. The number of amides is 2. The summed E-state index contributed by atoms with van der Waals surface area (Å²) in [6.45, 7) is 0.263. The fraction of sp³-hybridized carbons (Fsp3) is 0.0870. The van der Waals surface area contributed by atoms with Crippen molar-refractivity contribution in [1.29, 1.82) is 5.26 Å². The first-order chi connectivity index (χ1) is 13.7. The Morgan fingerprint density at radius 3 is 2.25 bits per heavy atom. The fourth-order valence-corrected chi connectivity index (χ4v) is 2.79. The zero-order chi connectivity index (χ0) is 19.8. The molecule has 0 aliphatic rings. The van der Waals surface area contributed by atoms with E-state index in [-0.39, 0.29) is 18.4 Å². The lowest BCUT2D eigenvalue weighted by molar-refractivity contribution is -0.123. The minimum atomic E-state index is -0.826. The van der Waals surface area contributed by atoms with Crippen LogP contribution in [0.1, 0.15) is 33.1 Å². The van der Waals surface area contributed by atoms with Crippen molar-refractivity contribution >= 4 is 11.8 Å². The second-order valence-corrected chi connectivity index (χ2v) is 6.21. The largest absolute Gasteiger partial charge is 0.350 e. The number of carbonyl (C=O) groups is 2. The molecule has 138 valence electrons. The third kappa shape index (κ3) is 4.83. The van der Waals surface area contributed by atoms with Gasteiger partial charge in [0.1, 0.15) is 6.04 Å². The second kappa shape index (κ2) is 9.15. The minimum absolute atomic E-state index is 0.263. The number of nitriles is 1. The van der Waals surface area contributed by atoms with Crippen LogP contribution in [0.5, 0.6) is 0 Å². The molecule has 0 fully saturated rings. The van der Waals surface area contributed by atoms with Crippen molar-refractivity contribution in [2.45, 2.75) is 12.6 Å². The van der Waals surface area contributed by atoms with Gasteiger partial charge in [-0.1, -0.05) is 60.7 Å². The lowest BCUT2D eigenvalue weighted by atomic mass is 10.0. The molecule has 0 saturated heterocycles. The van der Waals surface area contributed by atoms with Gasteiger partial charge in [-0.15, -0.1) is 0 Å². The van der Waals surface area contributed by atoms with Crippen LogP contribution in [0.4, 0.5) is 0 Å². The Morgan fingerprint density at radius 2 is 1.57 bits per heavy atom. The molecular weight excluding hydrogens is 350 g/mol. The van der Waals surface area contributed by atoms with Gasteiger partial charge < -0.3 is 10.6 Å². The van der Waals surface area contributed by atoms with Crippen molar-refractivity contribution in [2.24, 2.45) is 0 Å². The van der Waals surface area contributed by atoms with Gasteiger partial charge in [0.15, 0.2) is 0 Å². The number of nitrogens with one attached hydrogen (secondary N) is 2. The molecule has 0 spiro atoms. The molecule has 0 heterocycles. The summed E-state index contributed by atoms with van der Waals surface area (Å²) in [6.07, 6.45) is 0. The molecule has 0 bridgehead atoms. The molecule has 3 aromatic rings. The predicted octanol–water partition coefficient (Wildman–Crippen LogP) is 3.35. The van der Waals surface area contributed by atoms with Gasteiger partial charge >= 0.3 is 0 Å². The highest BCUT2D eigenvalue weighted by Gasteiger charge is 2.23. The van der Waals surface area contributed by atoms with Crippen LogP contribution in [-0.4, -0.2) is 11.8 Å². The number of hydrogen-bond donors (Lipinski definition) is 2. The molecule has 0 aliphatic heterocycles. The van der Waals surface area contributed by atoms with E-state index < -0.39 is 6.04 Å². The summed E-state index contributed by atoms with van der Waals surface area (Å²) in [5.74, 6) is -0.645. The molecule has 0 aromatic heterocycles. The highest BCUT2D eigenvalue weighted by Crippen LogP contribution is 2.15. The quantitative estimate of drug-likeness (QED) is 0.699. The molecule has 1 atom stereocenters. The molecule has 5 nitrogen and oxygen atoms in total. The monoisotopic (exact) mass is 369 g/mol. The van der Waals surface area contributed by atoms with Crippen molar-refractivity contribution < 1.29 is 9.59 Å². The van der Waals surface area contributed by atoms with Crippen LogP contribution in [0.25, 0.3) is 0 Å². The molecule has 2 amide bonds. The van der Waals surface area contributed by atoms with Crippen LogP contribution < -0.4 is 10.6 Å². The molecule has 0 radical (unpaired) electrons. The third-order valence-corrected chi connectivity index (χ3v) is 4.23. The van der Waals surface area contributed by atoms with Crippen molar-refractivity contribution in [3.63, 3.8) is 0 Å². The van der Waals surface area contributed by atoms with E-state index in [0.717, 1.165) is 5.56 Å². The lowest BCUT2D eigenvalue weighted by Gasteiger charge is -2.19. The van der Waals surface area contributed by atoms with Gasteiger partial charge in [-0.3, -0.25) is 9.59 Å². The molecule has 5 heteroatoms. The van der Waals surface area contributed by atoms with E-state index in [9.17, 15) is 9.59 Å². The Kier molecular flexibility index (Phi) is 6.17. The van der Waals surface area contributed by atoms with Gasteiger partial charge in [-0.25, -0.2) is 0 Å². The highest BCUT2D eigenvalue weighted by atomic mass is 16.2. The smallest absolute Gasteiger partial charge is 0.252 e. The summed E-state index contributed by atoms with van der Waals surface area (Å²) in [6, 6.07) is 26.1. The van der Waals surface area contributed by atoms with Gasteiger partial charge in [0.05, 0.1) is 11.6 Å². The van der Waals surface area contributed by atoms with Crippen LogP contribution in [0.3, 0.4) is 0 Å². The Balaban J connectivity index is 1.75. The summed E-state index contributed by atoms with van der Waals surface area (Å²) in [5.41, 5.74) is 2.52. The maximum Gasteiger partial charge on any atom is 0.252 e. The first kappa shape index (κ1) is 18.9. The first-order valence-corrected chi connectivity index (χ1v) is 8.85. The van der Waals surface area contributed by atoms with Crippen LogP contribution in [0.15, 0.2) is 84.9 Å². The van der Waals surface area contributed by atoms with Crippen molar-refractivity contribution in [3.8, 4) is 6.07 Å². The molecule has 1 unspecified atom stereocenters. The molecule has 2 N–H and O–H groups in total. The maximum absolute atomic E-state index is 12.8. The summed E-state index contributed by atoms with van der Waals surface area (Å²) in [7, 11) is 0. The van der Waals surface area contributed by atoms with Crippen LogP contribution in [0.2, 0.25) is 0 Å². The van der Waals surface area contributed by atoms with E-state index in [2.05, 4.69) is 16.7 Å². The van der Waals surface area contributed by atoms with E-state index in [1.807, 2.05) is 30.3 Å². The standard InChI is InChI=1S/C23H19N3O2/c24-15-17-8-7-9-18(14-17)16-25-23(28)21(19-10-3-1-4-11-19)26-22(27)20-12-5-2-6-13-20/h1-14,21H,16H2,(H,25,28)(H,26,27). The van der Waals surface area contributed by atoms with Gasteiger partial charge in [0.2, 0.25) is 5.91 Å². The summed E-state index contributed by atoms with van der Waals surface area (Å²) < 4.78 is 0. The fourth-order valence-electron chi connectivity index (χ4n) is 2.79. The van der Waals surface area contributed by atoms with E-state index in [1.165, 1.54) is 0 Å². The van der Waals surface area contributed by atoms with E-state index in [4.69, 9.17) is 5.26 Å². The number of nitrogens with zero attached hydrogens (tertiary/aromatic N) is 1. The van der Waals surface area contributed by atoms with E-state index in [1.54, 1.807) is 54.6 Å². The van der Waals surface area contributed by atoms with Gasteiger partial charge in [0.25, 0.3) is 5.91 Å². The Bertz CT molecular complexity index is 995. The normalized spacial score (nSPS) is 11.1. The van der Waals surface area contributed by atoms with Gasteiger partial charge in [-0.05, 0) is 35.4 Å². The minimum Gasteiger partial charge on any atom is -0.350 e. The molecular formula is C23H19N3O2. The Labute approximate surface area is 163 Å². The first-order valence-electron chi connectivity index (χ1n) is 8.85.